The maximum Gasteiger partial charge on any atom is 0.244 e. The molecule has 0 aliphatic carbocycles. The molecule has 2 aliphatic heterocycles. The third-order valence-electron chi connectivity index (χ3n) is 3.96. The molecule has 1 aromatic rings. The Hall–Kier alpha value is 0.01000. The Labute approximate surface area is 132 Å². The number of aryl methyl sites for hydroxylation is 1. The number of halogens is 1. The van der Waals surface area contributed by atoms with Crippen LogP contribution in [0.2, 0.25) is 0 Å². The zero-order valence-electron chi connectivity index (χ0n) is 11.3. The fourth-order valence-corrected chi connectivity index (χ4v) is 6.62. The molecule has 0 radical (unpaired) electrons. The van der Waals surface area contributed by atoms with Crippen LogP contribution in [0.15, 0.2) is 14.7 Å². The van der Waals surface area contributed by atoms with Gasteiger partial charge in [0.15, 0.2) is 0 Å². The van der Waals surface area contributed by atoms with Crippen LogP contribution in [0.3, 0.4) is 0 Å². The molecule has 3 rings (SSSR count). The molecule has 2 aliphatic rings. The molecule has 1 aromatic heterocycles. The first kappa shape index (κ1) is 14.9. The fourth-order valence-electron chi connectivity index (χ4n) is 2.72. The maximum absolute atomic E-state index is 12.6. The van der Waals surface area contributed by atoms with Crippen LogP contribution in [0.25, 0.3) is 0 Å². The van der Waals surface area contributed by atoms with Crippen LogP contribution in [0.1, 0.15) is 4.88 Å². The van der Waals surface area contributed by atoms with E-state index in [1.165, 1.54) is 11.3 Å². The van der Waals surface area contributed by atoms with Crippen molar-refractivity contribution in [3.63, 3.8) is 0 Å². The molecule has 0 aromatic carbocycles. The number of sulfonamides is 1. The Morgan fingerprint density at radius 3 is 2.55 bits per heavy atom. The molecule has 0 saturated carbocycles. The van der Waals surface area contributed by atoms with Crippen LogP contribution < -0.4 is 5.32 Å². The van der Waals surface area contributed by atoms with Crippen LogP contribution in [0, 0.1) is 6.92 Å². The summed E-state index contributed by atoms with van der Waals surface area (Å²) in [5, 5.41) is 3.32. The van der Waals surface area contributed by atoms with E-state index in [1.54, 1.807) is 10.4 Å². The number of piperazine rings is 1. The minimum absolute atomic E-state index is 0.384. The molecular weight excluding hydrogens is 362 g/mol. The minimum Gasteiger partial charge on any atom is -0.314 e. The van der Waals surface area contributed by atoms with Crippen molar-refractivity contribution in [3.05, 3.63) is 14.7 Å². The zero-order chi connectivity index (χ0) is 14.3. The van der Waals surface area contributed by atoms with Gasteiger partial charge in [0, 0.05) is 50.2 Å². The summed E-state index contributed by atoms with van der Waals surface area (Å²) in [6, 6.07) is 2.10. The molecule has 0 spiro atoms. The Morgan fingerprint density at radius 2 is 2.00 bits per heavy atom. The number of hydrogen-bond acceptors (Lipinski definition) is 5. The number of hydrogen-bond donors (Lipinski definition) is 1. The first-order valence-corrected chi connectivity index (χ1v) is 9.74. The van der Waals surface area contributed by atoms with Gasteiger partial charge in [0.2, 0.25) is 10.0 Å². The van der Waals surface area contributed by atoms with Crippen molar-refractivity contribution in [2.45, 2.75) is 17.9 Å². The summed E-state index contributed by atoms with van der Waals surface area (Å²) in [6.07, 6.45) is 0. The summed E-state index contributed by atoms with van der Waals surface area (Å²) < 4.78 is 27.6. The van der Waals surface area contributed by atoms with E-state index < -0.39 is 10.0 Å². The van der Waals surface area contributed by atoms with E-state index in [2.05, 4.69) is 26.1 Å². The lowest BCUT2D eigenvalue weighted by Crippen LogP contribution is -2.63. The van der Waals surface area contributed by atoms with E-state index in [0.717, 1.165) is 34.8 Å². The van der Waals surface area contributed by atoms with E-state index in [1.807, 2.05) is 6.92 Å². The van der Waals surface area contributed by atoms with E-state index >= 15 is 0 Å². The first-order valence-electron chi connectivity index (χ1n) is 6.69. The van der Waals surface area contributed by atoms with Gasteiger partial charge in [-0.3, -0.25) is 4.90 Å². The van der Waals surface area contributed by atoms with E-state index in [4.69, 9.17) is 0 Å². The van der Waals surface area contributed by atoms with Gasteiger partial charge in [-0.05, 0) is 28.9 Å². The van der Waals surface area contributed by atoms with Crippen molar-refractivity contribution >= 4 is 37.3 Å². The molecule has 0 bridgehead atoms. The third kappa shape index (κ3) is 2.69. The summed E-state index contributed by atoms with van der Waals surface area (Å²) in [7, 11) is -3.31. The molecule has 2 saturated heterocycles. The van der Waals surface area contributed by atoms with Crippen molar-refractivity contribution in [3.8, 4) is 0 Å². The van der Waals surface area contributed by atoms with Gasteiger partial charge in [0.25, 0.3) is 0 Å². The number of nitrogens with zero attached hydrogens (tertiary/aromatic N) is 2. The molecule has 0 unspecified atom stereocenters. The molecule has 3 heterocycles. The average Bonchev–Trinajstić information content (AvgIpc) is 2.68. The smallest absolute Gasteiger partial charge is 0.244 e. The largest absolute Gasteiger partial charge is 0.314 e. The Balaban J connectivity index is 1.68. The van der Waals surface area contributed by atoms with E-state index in [9.17, 15) is 8.42 Å². The summed E-state index contributed by atoms with van der Waals surface area (Å²) in [5.74, 6) is 0. The van der Waals surface area contributed by atoms with Gasteiger partial charge in [-0.25, -0.2) is 8.42 Å². The minimum atomic E-state index is -3.31. The molecule has 5 nitrogen and oxygen atoms in total. The van der Waals surface area contributed by atoms with Crippen molar-refractivity contribution in [1.29, 1.82) is 0 Å². The van der Waals surface area contributed by atoms with E-state index in [0.29, 0.717) is 24.0 Å². The predicted octanol–water partition coefficient (Wildman–Crippen LogP) is 1.10. The van der Waals surface area contributed by atoms with Crippen molar-refractivity contribution in [2.75, 3.05) is 39.3 Å². The molecule has 0 atom stereocenters. The van der Waals surface area contributed by atoms with Crippen LogP contribution in [-0.4, -0.2) is 62.9 Å². The summed E-state index contributed by atoms with van der Waals surface area (Å²) in [4.78, 5) is 3.69. The Bertz CT molecular complexity index is 590. The molecule has 0 amide bonds. The average molecular weight is 380 g/mol. The second kappa shape index (κ2) is 5.66. The number of thiophene rings is 1. The van der Waals surface area contributed by atoms with Gasteiger partial charge < -0.3 is 5.32 Å². The quantitative estimate of drug-likeness (QED) is 0.853. The molecular formula is C12H18BrN3O2S2. The third-order valence-corrected chi connectivity index (χ3v) is 7.60. The topological polar surface area (TPSA) is 52.7 Å². The lowest BCUT2D eigenvalue weighted by Gasteiger charge is -2.45. The van der Waals surface area contributed by atoms with Gasteiger partial charge in [-0.15, -0.1) is 11.3 Å². The van der Waals surface area contributed by atoms with Crippen molar-refractivity contribution in [1.82, 2.24) is 14.5 Å². The summed E-state index contributed by atoms with van der Waals surface area (Å²) in [5.41, 5.74) is 0. The summed E-state index contributed by atoms with van der Waals surface area (Å²) in [6.45, 7) is 7.13. The van der Waals surface area contributed by atoms with Crippen LogP contribution in [0.5, 0.6) is 0 Å². The second-order valence-corrected chi connectivity index (χ2v) is 9.77. The monoisotopic (exact) mass is 379 g/mol. The highest BCUT2D eigenvalue weighted by molar-refractivity contribution is 9.11. The predicted molar refractivity (Wildman–Crippen MR) is 83.7 cm³/mol. The highest BCUT2D eigenvalue weighted by Gasteiger charge is 2.40. The van der Waals surface area contributed by atoms with Gasteiger partial charge in [-0.1, -0.05) is 0 Å². The standard InChI is InChI=1S/C12H18BrN3O2S2/c1-9-11(6-12(13)19-9)20(17,18)16-7-10(8-16)15-4-2-14-3-5-15/h6,10,14H,2-5,7-8H2,1H3. The molecule has 20 heavy (non-hydrogen) atoms. The van der Waals surface area contributed by atoms with Gasteiger partial charge in [0.1, 0.15) is 0 Å². The Morgan fingerprint density at radius 1 is 1.35 bits per heavy atom. The fraction of sp³-hybridized carbons (Fsp3) is 0.667. The number of nitrogens with one attached hydrogen (secondary N) is 1. The zero-order valence-corrected chi connectivity index (χ0v) is 14.5. The van der Waals surface area contributed by atoms with Crippen LogP contribution >= 0.6 is 27.3 Å². The molecule has 112 valence electrons. The normalized spacial score (nSPS) is 22.9. The van der Waals surface area contributed by atoms with E-state index in [-0.39, 0.29) is 0 Å². The maximum atomic E-state index is 12.6. The first-order chi connectivity index (χ1) is 9.48. The molecule has 8 heteroatoms. The highest BCUT2D eigenvalue weighted by atomic mass is 79.9. The lowest BCUT2D eigenvalue weighted by molar-refractivity contribution is 0.0773. The summed E-state index contributed by atoms with van der Waals surface area (Å²) >= 11 is 4.83. The van der Waals surface area contributed by atoms with Gasteiger partial charge in [-0.2, -0.15) is 4.31 Å². The lowest BCUT2D eigenvalue weighted by atomic mass is 10.1. The highest BCUT2D eigenvalue weighted by Crippen LogP contribution is 2.33. The van der Waals surface area contributed by atoms with Crippen LogP contribution in [-0.2, 0) is 10.0 Å². The second-order valence-electron chi connectivity index (χ2n) is 5.23. The van der Waals surface area contributed by atoms with Crippen LogP contribution in [0.4, 0.5) is 0 Å². The number of rotatable bonds is 3. The SMILES string of the molecule is Cc1sc(Br)cc1S(=O)(=O)N1CC(N2CCNCC2)C1. The van der Waals surface area contributed by atoms with Gasteiger partial charge >= 0.3 is 0 Å². The van der Waals surface area contributed by atoms with Crippen molar-refractivity contribution < 1.29 is 8.42 Å². The van der Waals surface area contributed by atoms with Crippen molar-refractivity contribution in [2.24, 2.45) is 0 Å². The molecule has 2 fully saturated rings. The molecule has 1 N–H and O–H groups in total. The van der Waals surface area contributed by atoms with Gasteiger partial charge in [0.05, 0.1) is 8.68 Å². The Kier molecular flexibility index (Phi) is 4.22.